The number of hydrogen-bond donors (Lipinski definition) is 0. The first kappa shape index (κ1) is 7.83. The summed E-state index contributed by atoms with van der Waals surface area (Å²) < 4.78 is 0. The zero-order chi connectivity index (χ0) is 5.70. The van der Waals surface area contributed by atoms with E-state index in [-0.39, 0.29) is 0 Å². The van der Waals surface area contributed by atoms with Crippen molar-refractivity contribution in [1.29, 1.82) is 0 Å². The highest BCUT2D eigenvalue weighted by Gasteiger charge is 1.91. The molecule has 1 atom stereocenters. The van der Waals surface area contributed by atoms with Crippen LogP contribution >= 0.6 is 23.2 Å². The van der Waals surface area contributed by atoms with Gasteiger partial charge in [0.2, 0.25) is 0 Å². The van der Waals surface area contributed by atoms with Crippen molar-refractivity contribution in [2.24, 2.45) is 0 Å². The molecule has 4 heteroatoms. The van der Waals surface area contributed by atoms with Crippen LogP contribution in [-0.4, -0.2) is 25.1 Å². The molecule has 0 aromatic rings. The van der Waals surface area contributed by atoms with Crippen LogP contribution in [0.5, 0.6) is 0 Å². The van der Waals surface area contributed by atoms with E-state index in [1.165, 1.54) is 5.84 Å². The Morgan fingerprint density at radius 1 is 1.71 bits per heavy atom. The monoisotopic (exact) mass is 132 g/mol. The van der Waals surface area contributed by atoms with Gasteiger partial charge in [0.05, 0.1) is 0 Å². The molecule has 0 heterocycles. The second-order valence-corrected chi connectivity index (χ2v) is 4.42. The molecule has 0 saturated heterocycles. The van der Waals surface area contributed by atoms with Crippen LogP contribution in [0, 0.1) is 0 Å². The summed E-state index contributed by atoms with van der Waals surface area (Å²) in [6.45, 7) is 2.22. The van der Waals surface area contributed by atoms with Crippen LogP contribution in [-0.2, 0) is 0 Å². The first-order valence-electron chi connectivity index (χ1n) is 2.38. The van der Waals surface area contributed by atoms with Gasteiger partial charge in [-0.3, -0.25) is 0 Å². The highest BCUT2D eigenvalue weighted by atomic mass is 32.2. The van der Waals surface area contributed by atoms with Crippen molar-refractivity contribution in [3.05, 3.63) is 0 Å². The lowest BCUT2D eigenvalue weighted by molar-refractivity contribution is 1.41. The molecule has 0 aliphatic rings. The molecule has 0 rings (SSSR count). The van der Waals surface area contributed by atoms with Gasteiger partial charge >= 0.3 is 0 Å². The third-order valence-corrected chi connectivity index (χ3v) is 2.67. The van der Waals surface area contributed by atoms with Crippen LogP contribution in [0.1, 0.15) is 6.92 Å². The molecule has 0 saturated carbocycles. The van der Waals surface area contributed by atoms with Gasteiger partial charge in [0, 0.05) is 0 Å². The summed E-state index contributed by atoms with van der Waals surface area (Å²) in [5.74, 6) is 1.23. The maximum atomic E-state index is 2.22. The Morgan fingerprint density at radius 2 is 2.29 bits per heavy atom. The van der Waals surface area contributed by atoms with Crippen LogP contribution in [0.4, 0.5) is 0 Å². The lowest BCUT2D eigenvalue weighted by Gasteiger charge is -1.97. The van der Waals surface area contributed by atoms with E-state index in [0.717, 1.165) is 5.15 Å². The topological polar surface area (TPSA) is 0 Å². The van der Waals surface area contributed by atoms with E-state index >= 15 is 0 Å². The minimum Gasteiger partial charge on any atom is -0.205 e. The fraction of sp³-hybridized carbons (Fsp3) is 1.00. The normalized spacial score (nSPS) is 13.4. The predicted molar refractivity (Wildman–Crippen MR) is 46.3 cm³/mol. The lowest BCUT2D eigenvalue weighted by atomic mass is 10.1. The molecule has 7 heavy (non-hydrogen) atoms. The Morgan fingerprint density at radius 3 is 2.43 bits per heavy atom. The number of rotatable bonds is 3. The highest BCUT2D eigenvalue weighted by molar-refractivity contribution is 8.50. The molecule has 0 spiro atoms. The second kappa shape index (κ2) is 4.98. The van der Waals surface area contributed by atoms with Crippen LogP contribution < -0.4 is 0 Å². The molecule has 0 amide bonds. The molecule has 40 valence electrons. The molecule has 0 fully saturated rings. The van der Waals surface area contributed by atoms with E-state index in [4.69, 9.17) is 0 Å². The summed E-state index contributed by atoms with van der Waals surface area (Å²) in [7, 11) is 2.22. The third-order valence-electron chi connectivity index (χ3n) is 0.519. The predicted octanol–water partition coefficient (Wildman–Crippen LogP) is 0.328. The van der Waals surface area contributed by atoms with E-state index in [1.54, 1.807) is 0 Å². The lowest BCUT2D eigenvalue weighted by Crippen LogP contribution is -1.94. The molecule has 0 N–H and O–H groups in total. The molecule has 0 aliphatic carbocycles. The van der Waals surface area contributed by atoms with Gasteiger partial charge in [0.1, 0.15) is 7.85 Å². The fourth-order valence-electron chi connectivity index (χ4n) is 0.204. The van der Waals surface area contributed by atoms with Crippen LogP contribution in [0.3, 0.4) is 0 Å². The molecule has 0 bridgehead atoms. The van der Waals surface area contributed by atoms with Crippen molar-refractivity contribution in [1.82, 2.24) is 0 Å². The van der Waals surface area contributed by atoms with E-state index in [2.05, 4.69) is 21.0 Å². The summed E-state index contributed by atoms with van der Waals surface area (Å²) >= 11 is 3.89. The Bertz CT molecular complexity index is 39.9. The molecular weight excluding hydrogens is 122 g/mol. The van der Waals surface area contributed by atoms with Crippen LogP contribution in [0.15, 0.2) is 0 Å². The summed E-state index contributed by atoms with van der Waals surface area (Å²) in [6, 6.07) is 0. The van der Waals surface area contributed by atoms with Gasteiger partial charge < -0.3 is 0 Å². The van der Waals surface area contributed by atoms with Gasteiger partial charge in [-0.2, -0.15) is 0 Å². The van der Waals surface area contributed by atoms with Crippen molar-refractivity contribution in [2.75, 3.05) is 6.26 Å². The minimum atomic E-state index is 0.799. The van der Waals surface area contributed by atoms with Crippen molar-refractivity contribution in [3.63, 3.8) is 0 Å². The molecule has 0 nitrogen and oxygen atoms in total. The van der Waals surface area contributed by atoms with Crippen molar-refractivity contribution >= 4 is 36.9 Å². The summed E-state index contributed by atoms with van der Waals surface area (Å²) in [4.78, 5) is 0. The van der Waals surface area contributed by atoms with Gasteiger partial charge in [-0.05, 0) is 11.4 Å². The van der Waals surface area contributed by atoms with E-state index in [1.807, 2.05) is 23.2 Å². The largest absolute Gasteiger partial charge is 0.255 e. The summed E-state index contributed by atoms with van der Waals surface area (Å²) in [6.07, 6.45) is 2.13. The molecule has 0 aromatic heterocycles. The van der Waals surface area contributed by atoms with Gasteiger partial charge in [-0.1, -0.05) is 6.92 Å². The Labute approximate surface area is 55.7 Å². The van der Waals surface area contributed by atoms with Gasteiger partial charge in [-0.25, -0.2) is 23.2 Å². The van der Waals surface area contributed by atoms with Gasteiger partial charge in [-0.15, -0.1) is 0 Å². The quantitative estimate of drug-likeness (QED) is 0.507. The standard InChI is InChI=1S/C3H10B2S2/c1-3(4)7-5-6-2/h3,5H,4H2,1-2H3/t3-/m0/s1. The van der Waals surface area contributed by atoms with E-state index in [0.29, 0.717) is 0 Å². The van der Waals surface area contributed by atoms with Crippen molar-refractivity contribution in [2.45, 2.75) is 12.1 Å². The first-order valence-corrected chi connectivity index (χ1v) is 4.82. The van der Waals surface area contributed by atoms with E-state index in [9.17, 15) is 0 Å². The third kappa shape index (κ3) is 6.83. The molecule has 0 aliphatic heterocycles. The average molecular weight is 132 g/mol. The maximum absolute atomic E-state index is 2.22. The highest BCUT2D eigenvalue weighted by Crippen LogP contribution is 2.08. The molecular formula is C3H10B2S2. The smallest absolute Gasteiger partial charge is 0.205 e. The zero-order valence-corrected chi connectivity index (χ0v) is 6.73. The first-order chi connectivity index (χ1) is 3.27. The number of hydrogen-bond acceptors (Lipinski definition) is 2. The van der Waals surface area contributed by atoms with E-state index < -0.39 is 0 Å². The SMILES string of the molecule is B[C@H](C)SBSC. The zero-order valence-electron chi connectivity index (χ0n) is 5.10. The van der Waals surface area contributed by atoms with Crippen LogP contribution in [0.25, 0.3) is 0 Å². The summed E-state index contributed by atoms with van der Waals surface area (Å²) in [5, 5.41) is 0.799. The van der Waals surface area contributed by atoms with Gasteiger partial charge in [0.15, 0.2) is 0 Å². The van der Waals surface area contributed by atoms with Crippen molar-refractivity contribution in [3.8, 4) is 0 Å². The van der Waals surface area contributed by atoms with Gasteiger partial charge in [0.25, 0.3) is 5.84 Å². The Balaban J connectivity index is 2.68. The minimum absolute atomic E-state index is 0.799. The van der Waals surface area contributed by atoms with Crippen LogP contribution in [0.2, 0.25) is 0 Å². The Kier molecular flexibility index (Phi) is 5.57. The maximum Gasteiger partial charge on any atom is 0.255 e. The molecule has 0 aromatic carbocycles. The fourth-order valence-corrected chi connectivity index (χ4v) is 1.84. The molecule has 0 radical (unpaired) electrons. The van der Waals surface area contributed by atoms with Crippen molar-refractivity contribution < 1.29 is 0 Å². The average Bonchev–Trinajstić information content (AvgIpc) is 1.61. The Hall–Kier alpha value is 0.830. The summed E-state index contributed by atoms with van der Waals surface area (Å²) in [5.41, 5.74) is 0. The molecule has 0 unspecified atom stereocenters. The second-order valence-electron chi connectivity index (χ2n) is 1.62.